The Morgan fingerprint density at radius 1 is 1.06 bits per heavy atom. The number of imide groups is 1. The van der Waals surface area contributed by atoms with Gasteiger partial charge in [-0.3, -0.25) is 5.32 Å². The van der Waals surface area contributed by atoms with Crippen LogP contribution in [-0.2, 0) is 18.3 Å². The van der Waals surface area contributed by atoms with Crippen molar-refractivity contribution >= 4 is 28.7 Å². The number of aryl methyl sites for hydroxylation is 2. The summed E-state index contributed by atoms with van der Waals surface area (Å²) in [6.45, 7) is 2.54. The fraction of sp³-hybridized carbons (Fsp3) is 0.296. The monoisotopic (exact) mass is 456 g/mol. The van der Waals surface area contributed by atoms with E-state index in [4.69, 9.17) is 4.98 Å². The second-order valence-electron chi connectivity index (χ2n) is 9.09. The van der Waals surface area contributed by atoms with Crippen LogP contribution in [0.1, 0.15) is 32.0 Å². The lowest BCUT2D eigenvalue weighted by Gasteiger charge is -2.33. The van der Waals surface area contributed by atoms with Crippen molar-refractivity contribution in [2.75, 3.05) is 11.9 Å². The Hall–Kier alpha value is -3.71. The van der Waals surface area contributed by atoms with Crippen LogP contribution in [0.2, 0.25) is 0 Å². The molecule has 1 saturated heterocycles. The predicted molar refractivity (Wildman–Crippen MR) is 133 cm³/mol. The summed E-state index contributed by atoms with van der Waals surface area (Å²) in [4.78, 5) is 32.1. The van der Waals surface area contributed by atoms with Crippen LogP contribution in [0.15, 0.2) is 73.1 Å². The van der Waals surface area contributed by atoms with Crippen molar-refractivity contribution in [2.24, 2.45) is 7.05 Å². The summed E-state index contributed by atoms with van der Waals surface area (Å²) >= 11 is 0. The number of nitrogens with one attached hydrogen (secondary N) is 1. The molecule has 1 fully saturated rings. The lowest BCUT2D eigenvalue weighted by molar-refractivity contribution is -0.782. The van der Waals surface area contributed by atoms with Crippen LogP contribution in [0.4, 0.5) is 10.5 Å². The molecule has 7 nitrogen and oxygen atoms in total. The molecule has 0 aliphatic carbocycles. The smallest absolute Gasteiger partial charge is 0.331 e. The summed E-state index contributed by atoms with van der Waals surface area (Å²) in [6.07, 6.45) is 6.36. The highest BCUT2D eigenvalue weighted by Crippen LogP contribution is 2.31. The SMILES string of the molecule is C[C@@H]1CCC[N+]1(C(=O)CCc1nc2ccccc2n1C)C(=O)Nc1ccccc1-n1cccc1. The van der Waals surface area contributed by atoms with Gasteiger partial charge in [-0.05, 0) is 43.3 Å². The first-order valence-corrected chi connectivity index (χ1v) is 11.9. The summed E-state index contributed by atoms with van der Waals surface area (Å²) in [5.41, 5.74) is 3.54. The van der Waals surface area contributed by atoms with Crippen LogP contribution in [0.25, 0.3) is 16.7 Å². The number of nitrogens with zero attached hydrogens (tertiary/aromatic N) is 4. The zero-order valence-electron chi connectivity index (χ0n) is 19.6. The molecule has 2 atom stereocenters. The minimum atomic E-state index is -0.250. The van der Waals surface area contributed by atoms with Gasteiger partial charge in [0.1, 0.15) is 11.9 Å². The van der Waals surface area contributed by atoms with Crippen LogP contribution < -0.4 is 5.32 Å². The Bertz CT molecular complexity index is 1340. The molecule has 1 aliphatic heterocycles. The molecule has 0 radical (unpaired) electrons. The Morgan fingerprint density at radius 2 is 1.79 bits per heavy atom. The molecule has 1 aliphatic rings. The maximum atomic E-state index is 13.7. The zero-order valence-corrected chi connectivity index (χ0v) is 19.6. The van der Waals surface area contributed by atoms with Gasteiger partial charge in [0.05, 0.1) is 35.4 Å². The van der Waals surface area contributed by atoms with E-state index in [-0.39, 0.29) is 28.9 Å². The number of hydrogen-bond donors (Lipinski definition) is 1. The summed E-state index contributed by atoms with van der Waals surface area (Å²) in [5.74, 6) is 0.811. The normalized spacial score (nSPS) is 20.0. The lowest BCUT2D eigenvalue weighted by atomic mass is 10.1. The number of quaternary nitrogens is 1. The number of likely N-dealkylation sites (tertiary alicyclic amines) is 1. The third-order valence-corrected chi connectivity index (χ3v) is 7.16. The van der Waals surface area contributed by atoms with E-state index in [1.165, 1.54) is 0 Å². The van der Waals surface area contributed by atoms with Gasteiger partial charge in [0.15, 0.2) is 0 Å². The molecule has 1 N–H and O–H groups in total. The van der Waals surface area contributed by atoms with Crippen LogP contribution >= 0.6 is 0 Å². The number of rotatable bonds is 5. The molecule has 5 rings (SSSR count). The average molecular weight is 457 g/mol. The highest BCUT2D eigenvalue weighted by atomic mass is 16.2. The minimum Gasteiger partial charge on any atom is -0.331 e. The molecule has 1 unspecified atom stereocenters. The highest BCUT2D eigenvalue weighted by Gasteiger charge is 2.52. The van der Waals surface area contributed by atoms with Crippen molar-refractivity contribution < 1.29 is 14.1 Å². The number of para-hydroxylation sites is 4. The largest absolute Gasteiger partial charge is 0.428 e. The Balaban J connectivity index is 1.39. The van der Waals surface area contributed by atoms with E-state index in [0.29, 0.717) is 18.7 Å². The lowest BCUT2D eigenvalue weighted by Crippen LogP contribution is -2.60. The number of urea groups is 1. The standard InChI is InChI=1S/C27H29N5O2/c1-20-10-9-19-32(20,26(33)16-15-25-28-21-11-3-5-13-23(21)30(25)2)27(34)29-22-12-4-6-14-24(22)31-17-7-8-18-31/h3-8,11-14,17-18,20H,9-10,15-16,19H2,1-2H3/p+1/t20-,32?/m1/s1. The maximum absolute atomic E-state index is 13.7. The molecule has 174 valence electrons. The molecular weight excluding hydrogens is 426 g/mol. The molecule has 2 aromatic carbocycles. The van der Waals surface area contributed by atoms with Crippen molar-refractivity contribution in [1.82, 2.24) is 14.1 Å². The van der Waals surface area contributed by atoms with Gasteiger partial charge in [-0.25, -0.2) is 14.6 Å². The van der Waals surface area contributed by atoms with E-state index < -0.39 is 0 Å². The number of carbonyl (C=O) groups is 2. The third kappa shape index (κ3) is 3.72. The molecule has 7 heteroatoms. The first-order chi connectivity index (χ1) is 16.5. The first-order valence-electron chi connectivity index (χ1n) is 11.9. The highest BCUT2D eigenvalue weighted by molar-refractivity contribution is 5.94. The minimum absolute atomic E-state index is 0.0481. The molecule has 2 aromatic heterocycles. The summed E-state index contributed by atoms with van der Waals surface area (Å²) in [7, 11) is 1.98. The second kappa shape index (κ2) is 8.91. The van der Waals surface area contributed by atoms with Gasteiger partial charge < -0.3 is 9.13 Å². The molecular formula is C27H30N5O2+. The van der Waals surface area contributed by atoms with Crippen LogP contribution in [0, 0.1) is 0 Å². The topological polar surface area (TPSA) is 68.9 Å². The van der Waals surface area contributed by atoms with Crippen LogP contribution in [-0.4, -0.2) is 43.1 Å². The second-order valence-corrected chi connectivity index (χ2v) is 9.09. The average Bonchev–Trinajstić information content (AvgIpc) is 3.58. The van der Waals surface area contributed by atoms with Gasteiger partial charge in [0.25, 0.3) is 0 Å². The molecule has 3 heterocycles. The van der Waals surface area contributed by atoms with E-state index in [0.717, 1.165) is 35.4 Å². The number of aromatic nitrogens is 3. The van der Waals surface area contributed by atoms with Crippen molar-refractivity contribution in [3.05, 3.63) is 78.9 Å². The molecule has 0 bridgehead atoms. The third-order valence-electron chi connectivity index (χ3n) is 7.16. The van der Waals surface area contributed by atoms with Gasteiger partial charge in [-0.2, -0.15) is 4.48 Å². The molecule has 3 amide bonds. The number of carbonyl (C=O) groups excluding carboxylic acids is 2. The number of benzene rings is 2. The Morgan fingerprint density at radius 3 is 2.53 bits per heavy atom. The number of amides is 3. The zero-order chi connectivity index (χ0) is 23.7. The van der Waals surface area contributed by atoms with Crippen molar-refractivity contribution in [3.8, 4) is 5.69 Å². The van der Waals surface area contributed by atoms with Gasteiger partial charge in [-0.15, -0.1) is 0 Å². The van der Waals surface area contributed by atoms with Crippen molar-refractivity contribution in [2.45, 2.75) is 38.6 Å². The van der Waals surface area contributed by atoms with E-state index in [2.05, 4.69) is 5.32 Å². The van der Waals surface area contributed by atoms with Crippen LogP contribution in [0.3, 0.4) is 0 Å². The summed E-state index contributed by atoms with van der Waals surface area (Å²) in [5, 5.41) is 3.09. The molecule has 34 heavy (non-hydrogen) atoms. The van der Waals surface area contributed by atoms with Gasteiger partial charge in [0, 0.05) is 38.7 Å². The molecule has 0 saturated carbocycles. The quantitative estimate of drug-likeness (QED) is 0.427. The number of anilines is 1. The van der Waals surface area contributed by atoms with Crippen LogP contribution in [0.5, 0.6) is 0 Å². The van der Waals surface area contributed by atoms with Gasteiger partial charge in [-0.1, -0.05) is 24.3 Å². The summed E-state index contributed by atoms with van der Waals surface area (Å²) < 4.78 is 3.83. The summed E-state index contributed by atoms with van der Waals surface area (Å²) in [6, 6.07) is 19.2. The van der Waals surface area contributed by atoms with Gasteiger partial charge >= 0.3 is 11.9 Å². The number of fused-ring (bicyclic) bond motifs is 1. The molecule has 0 spiro atoms. The fourth-order valence-corrected chi connectivity index (χ4v) is 5.21. The van der Waals surface area contributed by atoms with E-state index in [1.807, 2.05) is 96.2 Å². The number of hydrogen-bond acceptors (Lipinski definition) is 3. The van der Waals surface area contributed by atoms with E-state index >= 15 is 0 Å². The fourth-order valence-electron chi connectivity index (χ4n) is 5.21. The Kier molecular flexibility index (Phi) is 5.79. The molecule has 4 aromatic rings. The van der Waals surface area contributed by atoms with Crippen molar-refractivity contribution in [3.63, 3.8) is 0 Å². The maximum Gasteiger partial charge on any atom is 0.428 e. The Labute approximate surface area is 199 Å². The van der Waals surface area contributed by atoms with E-state index in [9.17, 15) is 9.59 Å². The van der Waals surface area contributed by atoms with Crippen molar-refractivity contribution in [1.29, 1.82) is 0 Å². The van der Waals surface area contributed by atoms with E-state index in [1.54, 1.807) is 0 Å². The number of imidazole rings is 1. The van der Waals surface area contributed by atoms with Gasteiger partial charge in [0.2, 0.25) is 0 Å². The first kappa shape index (κ1) is 22.1. The predicted octanol–water partition coefficient (Wildman–Crippen LogP) is 5.05.